The number of ether oxygens (including phenoxy) is 4. The molecule has 1 atom stereocenters. The molecule has 0 radical (unpaired) electrons. The molecule has 9 nitrogen and oxygen atoms in total. The number of furan rings is 1. The van der Waals surface area contributed by atoms with Crippen LogP contribution in [0.2, 0.25) is 0 Å². The number of methoxy groups -OCH3 is 3. The van der Waals surface area contributed by atoms with Gasteiger partial charge in [-0.2, -0.15) is 9.97 Å². The quantitative estimate of drug-likeness (QED) is 0.384. The molecule has 0 spiro atoms. The van der Waals surface area contributed by atoms with E-state index in [1.54, 1.807) is 12.1 Å². The number of fused-ring (bicyclic) bond motifs is 1. The van der Waals surface area contributed by atoms with Crippen LogP contribution in [0.15, 0.2) is 22.6 Å². The van der Waals surface area contributed by atoms with Crippen LogP contribution < -0.4 is 24.3 Å². The Morgan fingerprint density at radius 2 is 1.73 bits per heavy atom. The van der Waals surface area contributed by atoms with E-state index in [4.69, 9.17) is 23.4 Å². The van der Waals surface area contributed by atoms with E-state index in [-0.39, 0.29) is 40.6 Å². The highest BCUT2D eigenvalue weighted by molar-refractivity contribution is 6.03. The highest BCUT2D eigenvalue weighted by Gasteiger charge is 2.40. The molecule has 4 rings (SSSR count). The van der Waals surface area contributed by atoms with Crippen molar-refractivity contribution in [3.8, 4) is 29.5 Å². The van der Waals surface area contributed by atoms with Crippen LogP contribution in [0.4, 0.5) is 5.69 Å². The average Bonchev–Trinajstić information content (AvgIpc) is 3.44. The van der Waals surface area contributed by atoms with Gasteiger partial charge in [0.2, 0.25) is 11.8 Å². The van der Waals surface area contributed by atoms with Crippen molar-refractivity contribution in [1.82, 2.24) is 9.97 Å². The van der Waals surface area contributed by atoms with Gasteiger partial charge >= 0.3 is 6.01 Å². The maximum atomic E-state index is 13.0. The molecule has 2 heterocycles. The number of carbonyl (C=O) groups is 1. The Kier molecular flexibility index (Phi) is 7.08. The Morgan fingerprint density at radius 1 is 1.08 bits per heavy atom. The zero-order chi connectivity index (χ0) is 27.1. The van der Waals surface area contributed by atoms with Crippen LogP contribution in [0, 0.1) is 19.8 Å². The fourth-order valence-corrected chi connectivity index (χ4v) is 5.17. The number of nitrogens with one attached hydrogen (secondary N) is 1. The predicted octanol–water partition coefficient (Wildman–Crippen LogP) is 6.18. The number of benzene rings is 1. The van der Waals surface area contributed by atoms with Gasteiger partial charge in [-0.3, -0.25) is 4.79 Å². The number of nitrogens with zero attached hydrogens (tertiary/aromatic N) is 2. The largest absolute Gasteiger partial charge is 0.479 e. The SMILES string of the molecule is COc1nc(OC)c(NC(=O)c2ccc(Oc3c(C)cc4c(c3C)C(C(C)C)CC4(C)C)o2)c(OC)n1. The van der Waals surface area contributed by atoms with Crippen molar-refractivity contribution in [2.75, 3.05) is 26.6 Å². The lowest BCUT2D eigenvalue weighted by molar-refractivity contribution is 0.0990. The van der Waals surface area contributed by atoms with Crippen LogP contribution in [0.25, 0.3) is 0 Å². The van der Waals surface area contributed by atoms with Crippen molar-refractivity contribution in [2.45, 2.75) is 59.3 Å². The molecule has 1 aliphatic rings. The van der Waals surface area contributed by atoms with Gasteiger partial charge in [0.05, 0.1) is 21.3 Å². The summed E-state index contributed by atoms with van der Waals surface area (Å²) in [6.07, 6.45) is 1.11. The summed E-state index contributed by atoms with van der Waals surface area (Å²) in [5, 5.41) is 2.69. The summed E-state index contributed by atoms with van der Waals surface area (Å²) in [7, 11) is 4.26. The molecule has 1 aromatic carbocycles. The van der Waals surface area contributed by atoms with Gasteiger partial charge in [-0.1, -0.05) is 33.8 Å². The first-order valence-electron chi connectivity index (χ1n) is 12.3. The highest BCUT2D eigenvalue weighted by atomic mass is 16.6. The fourth-order valence-electron chi connectivity index (χ4n) is 5.17. The minimum Gasteiger partial charge on any atom is -0.479 e. The fraction of sp³-hybridized carbons (Fsp3) is 0.464. The Morgan fingerprint density at radius 3 is 2.30 bits per heavy atom. The molecule has 37 heavy (non-hydrogen) atoms. The summed E-state index contributed by atoms with van der Waals surface area (Å²) in [4.78, 5) is 21.2. The van der Waals surface area contributed by atoms with Gasteiger partial charge in [-0.05, 0) is 65.8 Å². The standard InChI is InChI=1S/C28H35N3O6/c1-14(2)17-13-28(5,6)18-12-15(3)23(16(4)21(17)18)37-20-11-10-19(36-20)24(32)29-22-25(33-7)30-27(35-9)31-26(22)34-8/h10-12,14,17H,13H2,1-9H3,(H,29,32). The average molecular weight is 510 g/mol. The lowest BCUT2D eigenvalue weighted by Gasteiger charge is -2.21. The molecule has 0 aliphatic heterocycles. The molecule has 3 aromatic rings. The van der Waals surface area contributed by atoms with E-state index < -0.39 is 5.91 Å². The molecule has 0 bridgehead atoms. The molecular formula is C28H35N3O6. The number of carbonyl (C=O) groups excluding carboxylic acids is 1. The number of anilines is 1. The smallest absolute Gasteiger partial charge is 0.322 e. The van der Waals surface area contributed by atoms with Gasteiger partial charge in [0.15, 0.2) is 11.4 Å². The third-order valence-electron chi connectivity index (χ3n) is 7.03. The number of aryl methyl sites for hydroxylation is 1. The molecule has 198 valence electrons. The molecule has 0 saturated carbocycles. The first kappa shape index (κ1) is 26.3. The minimum atomic E-state index is -0.538. The molecule has 9 heteroatoms. The number of hydrogen-bond donors (Lipinski definition) is 1. The van der Waals surface area contributed by atoms with Crippen LogP contribution in [-0.4, -0.2) is 37.2 Å². The Labute approximate surface area is 217 Å². The molecule has 1 amide bonds. The predicted molar refractivity (Wildman–Crippen MR) is 140 cm³/mol. The van der Waals surface area contributed by atoms with Crippen LogP contribution in [0.3, 0.4) is 0 Å². The molecule has 0 saturated heterocycles. The first-order chi connectivity index (χ1) is 17.5. The lowest BCUT2D eigenvalue weighted by atomic mass is 9.84. The number of amides is 1. The second-order valence-corrected chi connectivity index (χ2v) is 10.3. The van der Waals surface area contributed by atoms with E-state index in [0.717, 1.165) is 23.3 Å². The molecule has 1 unspecified atom stereocenters. The zero-order valence-corrected chi connectivity index (χ0v) is 22.9. The van der Waals surface area contributed by atoms with Gasteiger partial charge < -0.3 is 28.7 Å². The third kappa shape index (κ3) is 4.82. The summed E-state index contributed by atoms with van der Waals surface area (Å²) in [5.41, 5.74) is 5.16. The van der Waals surface area contributed by atoms with Crippen LogP contribution >= 0.6 is 0 Å². The number of aromatic nitrogens is 2. The van der Waals surface area contributed by atoms with Gasteiger partial charge in [0.1, 0.15) is 5.75 Å². The first-order valence-corrected chi connectivity index (χ1v) is 12.3. The minimum absolute atomic E-state index is 0.0450. The van der Waals surface area contributed by atoms with Gasteiger partial charge in [-0.25, -0.2) is 0 Å². The zero-order valence-electron chi connectivity index (χ0n) is 22.9. The van der Waals surface area contributed by atoms with Crippen molar-refractivity contribution in [3.63, 3.8) is 0 Å². The van der Waals surface area contributed by atoms with Gasteiger partial charge in [0.25, 0.3) is 11.9 Å². The Hall–Kier alpha value is -3.75. The van der Waals surface area contributed by atoms with E-state index in [2.05, 4.69) is 56.0 Å². The number of rotatable bonds is 8. The second-order valence-electron chi connectivity index (χ2n) is 10.3. The molecule has 0 fully saturated rings. The third-order valence-corrected chi connectivity index (χ3v) is 7.03. The Balaban J connectivity index is 1.61. The van der Waals surface area contributed by atoms with Crippen molar-refractivity contribution in [1.29, 1.82) is 0 Å². The maximum absolute atomic E-state index is 13.0. The van der Waals surface area contributed by atoms with E-state index in [9.17, 15) is 4.79 Å². The second kappa shape index (κ2) is 9.95. The summed E-state index contributed by atoms with van der Waals surface area (Å²) in [5.74, 6) is 1.65. The van der Waals surface area contributed by atoms with Crippen molar-refractivity contribution in [2.24, 2.45) is 5.92 Å². The van der Waals surface area contributed by atoms with Crippen molar-refractivity contribution >= 4 is 11.6 Å². The molecule has 2 aromatic heterocycles. The van der Waals surface area contributed by atoms with E-state index in [1.807, 2.05) is 6.92 Å². The summed E-state index contributed by atoms with van der Waals surface area (Å²) in [6.45, 7) is 13.3. The van der Waals surface area contributed by atoms with E-state index in [1.165, 1.54) is 32.5 Å². The van der Waals surface area contributed by atoms with Crippen LogP contribution in [0.5, 0.6) is 29.5 Å². The van der Waals surface area contributed by atoms with Crippen molar-refractivity contribution in [3.05, 3.63) is 46.2 Å². The number of hydrogen-bond acceptors (Lipinski definition) is 8. The summed E-state index contributed by atoms with van der Waals surface area (Å²) >= 11 is 0. The summed E-state index contributed by atoms with van der Waals surface area (Å²) < 4.78 is 27.6. The highest BCUT2D eigenvalue weighted by Crippen LogP contribution is 2.52. The van der Waals surface area contributed by atoms with E-state index >= 15 is 0 Å². The monoisotopic (exact) mass is 509 g/mol. The van der Waals surface area contributed by atoms with Gasteiger partial charge in [0, 0.05) is 6.07 Å². The lowest BCUT2D eigenvalue weighted by Crippen LogP contribution is -2.14. The normalized spacial score (nSPS) is 15.9. The van der Waals surface area contributed by atoms with Gasteiger partial charge in [-0.15, -0.1) is 0 Å². The van der Waals surface area contributed by atoms with Crippen LogP contribution in [-0.2, 0) is 5.41 Å². The Bertz CT molecular complexity index is 1300. The maximum Gasteiger partial charge on any atom is 0.322 e. The molecular weight excluding hydrogens is 474 g/mol. The van der Waals surface area contributed by atoms with Crippen LogP contribution in [0.1, 0.15) is 72.8 Å². The topological polar surface area (TPSA) is 105 Å². The molecule has 1 N–H and O–H groups in total. The molecule has 1 aliphatic carbocycles. The summed E-state index contributed by atoms with van der Waals surface area (Å²) in [6, 6.07) is 5.46. The van der Waals surface area contributed by atoms with Crippen molar-refractivity contribution < 1.29 is 28.2 Å². The van der Waals surface area contributed by atoms with E-state index in [0.29, 0.717) is 11.8 Å².